The predicted octanol–water partition coefficient (Wildman–Crippen LogP) is -3.76. The minimum atomic E-state index is -4.67. The second-order valence-corrected chi connectivity index (χ2v) is 1.34. The van der Waals surface area contributed by atoms with Crippen LogP contribution in [0.25, 0.3) is 0 Å². The molecule has 0 aliphatic heterocycles. The summed E-state index contributed by atoms with van der Waals surface area (Å²) in [5.74, 6) is 0. The molecule has 0 aromatic rings. The van der Waals surface area contributed by atoms with Gasteiger partial charge in [0, 0.05) is 0 Å². The van der Waals surface area contributed by atoms with E-state index < -0.39 is 10.4 Å². The molecule has 0 spiro atoms. The number of hydrogen-bond acceptors (Lipinski definition) is 4. The summed E-state index contributed by atoms with van der Waals surface area (Å²) < 4.78 is 31.6. The molecule has 0 saturated carbocycles. The Balaban J connectivity index is -0.0000000267. The van der Waals surface area contributed by atoms with Crippen LogP contribution in [0.15, 0.2) is 0 Å². The van der Waals surface area contributed by atoms with Crippen molar-refractivity contribution in [2.75, 3.05) is 0 Å². The minimum Gasteiger partial charge on any atom is -0.813 e. The molecule has 0 unspecified atom stereocenters. The van der Waals surface area contributed by atoms with Gasteiger partial charge in [0.1, 0.15) is 0 Å². The molecule has 0 amide bonds. The van der Waals surface area contributed by atoms with Crippen molar-refractivity contribution in [2.24, 2.45) is 0 Å². The molecule has 0 saturated heterocycles. The molecule has 0 aliphatic rings. The van der Waals surface area contributed by atoms with Gasteiger partial charge in [-0.05, 0) is 0 Å². The zero-order chi connectivity index (χ0) is 4.50. The van der Waals surface area contributed by atoms with Crippen molar-refractivity contribution >= 4 is 23.9 Å². The summed E-state index contributed by atoms with van der Waals surface area (Å²) in [6.45, 7) is 0. The van der Waals surface area contributed by atoms with Crippen LogP contribution < -0.4 is 35.7 Å². The standard InChI is InChI=1S/H3N.Na.H2O4S.H2S/c;;1-5(2,3)4;/h1H3;;(H2,1,2,3,4);1H2/q;+1;;/p-1. The Bertz CT molecular complexity index is 97.2. The van der Waals surface area contributed by atoms with Gasteiger partial charge in [-0.2, -0.15) is 8.42 Å². The van der Waals surface area contributed by atoms with Crippen LogP contribution in [0.1, 0.15) is 0 Å². The molecule has 0 bridgehead atoms. The van der Waals surface area contributed by atoms with Crippen molar-refractivity contribution in [3.05, 3.63) is 0 Å². The second-order valence-electron chi connectivity index (χ2n) is 0.448. The third-order valence-corrected chi connectivity index (χ3v) is 0. The smallest absolute Gasteiger partial charge is 0.813 e. The van der Waals surface area contributed by atoms with E-state index in [0.29, 0.717) is 0 Å². The first-order chi connectivity index (χ1) is 2.00. The van der Waals surface area contributed by atoms with E-state index in [9.17, 15) is 0 Å². The van der Waals surface area contributed by atoms with Crippen LogP contribution in [-0.2, 0) is 23.9 Å². The summed E-state index contributed by atoms with van der Waals surface area (Å²) in [7, 11) is -4.67. The Kier molecular flexibility index (Phi) is 23.4. The SMILES string of the molecule is N.O=S(=O)(O)O.[Na+].[SH-]. The number of rotatable bonds is 0. The van der Waals surface area contributed by atoms with E-state index >= 15 is 0 Å². The molecule has 8 heavy (non-hydrogen) atoms. The third kappa shape index (κ3) is 197. The van der Waals surface area contributed by atoms with Gasteiger partial charge in [0.05, 0.1) is 0 Å². The quantitative estimate of drug-likeness (QED) is 0.149. The van der Waals surface area contributed by atoms with Crippen LogP contribution in [0, 0.1) is 0 Å². The van der Waals surface area contributed by atoms with Gasteiger partial charge in [-0.25, -0.2) is 0 Å². The van der Waals surface area contributed by atoms with E-state index in [1.807, 2.05) is 0 Å². The van der Waals surface area contributed by atoms with Gasteiger partial charge in [-0.15, -0.1) is 0 Å². The molecule has 0 rings (SSSR count). The zero-order valence-electron chi connectivity index (χ0n) is 4.27. The van der Waals surface area contributed by atoms with Crippen molar-refractivity contribution in [3.63, 3.8) is 0 Å². The van der Waals surface area contributed by atoms with Crippen LogP contribution in [0.3, 0.4) is 0 Å². The maximum Gasteiger partial charge on any atom is 1.00 e. The fraction of sp³-hybridized carbons (Fsp3) is 0. The third-order valence-electron chi connectivity index (χ3n) is 0. The summed E-state index contributed by atoms with van der Waals surface area (Å²) >= 11 is 0. The maximum atomic E-state index is 8.74. The first kappa shape index (κ1) is 22.9. The maximum absolute atomic E-state index is 8.74. The number of thiol groups is 1. The first-order valence-electron chi connectivity index (χ1n) is 0.698. The van der Waals surface area contributed by atoms with Gasteiger partial charge < -0.3 is 19.6 Å². The number of hydrogen-bond donors (Lipinski definition) is 3. The Labute approximate surface area is 76.7 Å². The van der Waals surface area contributed by atoms with E-state index in [2.05, 4.69) is 0 Å². The predicted molar refractivity (Wildman–Crippen MR) is 28.0 cm³/mol. The molecule has 0 radical (unpaired) electrons. The average molecular weight is 171 g/mol. The molecule has 5 nitrogen and oxygen atoms in total. The van der Waals surface area contributed by atoms with Crippen LogP contribution in [0.5, 0.6) is 0 Å². The van der Waals surface area contributed by atoms with Gasteiger partial charge in [0.15, 0.2) is 0 Å². The summed E-state index contributed by atoms with van der Waals surface area (Å²) in [5.41, 5.74) is 0. The van der Waals surface area contributed by atoms with Crippen LogP contribution >= 0.6 is 0 Å². The van der Waals surface area contributed by atoms with E-state index in [1.54, 1.807) is 0 Å². The van der Waals surface area contributed by atoms with Crippen molar-refractivity contribution < 1.29 is 47.1 Å². The van der Waals surface area contributed by atoms with E-state index in [4.69, 9.17) is 17.5 Å². The summed E-state index contributed by atoms with van der Waals surface area (Å²) in [6.07, 6.45) is 0. The summed E-state index contributed by atoms with van der Waals surface area (Å²) in [6, 6.07) is 0. The Hall–Kier alpha value is 1.18. The summed E-state index contributed by atoms with van der Waals surface area (Å²) in [5, 5.41) is 0. The normalized spacial score (nSPS) is 7.25. The zero-order valence-corrected chi connectivity index (χ0v) is 7.98. The Morgan fingerprint density at radius 2 is 1.12 bits per heavy atom. The second kappa shape index (κ2) is 8.18. The Morgan fingerprint density at radius 3 is 1.12 bits per heavy atom. The van der Waals surface area contributed by atoms with Crippen LogP contribution in [-0.4, -0.2) is 17.5 Å². The molecule has 0 heterocycles. The van der Waals surface area contributed by atoms with Crippen LogP contribution in [0.4, 0.5) is 0 Å². The summed E-state index contributed by atoms with van der Waals surface area (Å²) in [4.78, 5) is 0. The van der Waals surface area contributed by atoms with E-state index in [0.717, 1.165) is 0 Å². The van der Waals surface area contributed by atoms with Crippen molar-refractivity contribution in [1.82, 2.24) is 6.15 Å². The monoisotopic (exact) mass is 171 g/mol. The molecule has 0 aromatic carbocycles. The van der Waals surface area contributed by atoms with Crippen molar-refractivity contribution in [2.45, 2.75) is 0 Å². The van der Waals surface area contributed by atoms with Gasteiger partial charge in [-0.3, -0.25) is 9.11 Å². The average Bonchev–Trinajstić information content (AvgIpc) is 0.722. The fourth-order valence-electron chi connectivity index (χ4n) is 0. The van der Waals surface area contributed by atoms with E-state index in [1.165, 1.54) is 0 Å². The van der Waals surface area contributed by atoms with Crippen molar-refractivity contribution in [3.8, 4) is 0 Å². The molecule has 48 valence electrons. The largest absolute Gasteiger partial charge is 1.00 e. The van der Waals surface area contributed by atoms with Crippen molar-refractivity contribution in [1.29, 1.82) is 0 Å². The first-order valence-corrected chi connectivity index (χ1v) is 2.10. The fourth-order valence-corrected chi connectivity index (χ4v) is 0. The molecule has 0 aromatic heterocycles. The van der Waals surface area contributed by atoms with E-state index in [-0.39, 0.29) is 49.2 Å². The molecule has 0 fully saturated rings. The molecule has 8 heteroatoms. The van der Waals surface area contributed by atoms with Gasteiger partial charge in [0.25, 0.3) is 0 Å². The minimum absolute atomic E-state index is 0. The van der Waals surface area contributed by atoms with Crippen LogP contribution in [0.2, 0.25) is 0 Å². The molecular formula is H6NNaO4S2. The topological polar surface area (TPSA) is 110 Å². The molecule has 5 N–H and O–H groups in total. The molecule has 0 aliphatic carbocycles. The molecule has 0 atom stereocenters. The molecular weight excluding hydrogens is 165 g/mol. The van der Waals surface area contributed by atoms with Gasteiger partial charge in [-0.1, -0.05) is 0 Å². The van der Waals surface area contributed by atoms with Gasteiger partial charge in [0.2, 0.25) is 0 Å². The Morgan fingerprint density at radius 1 is 1.12 bits per heavy atom. The van der Waals surface area contributed by atoms with Gasteiger partial charge >= 0.3 is 40.0 Å².